The topological polar surface area (TPSA) is 122 Å². The summed E-state index contributed by atoms with van der Waals surface area (Å²) in [5, 5.41) is 21.1. The molecule has 4 atom stereocenters. The van der Waals surface area contributed by atoms with Crippen molar-refractivity contribution in [2.75, 3.05) is 6.61 Å². The van der Waals surface area contributed by atoms with Crippen molar-refractivity contribution in [3.8, 4) is 0 Å². The number of hydrogen-bond donors (Lipinski definition) is 3. The van der Waals surface area contributed by atoms with Gasteiger partial charge in [0.25, 0.3) is 5.56 Å². The van der Waals surface area contributed by atoms with E-state index in [1.165, 1.54) is 17.8 Å². The predicted molar refractivity (Wildman–Crippen MR) is 84.5 cm³/mol. The summed E-state index contributed by atoms with van der Waals surface area (Å²) < 4.78 is 12.8. The summed E-state index contributed by atoms with van der Waals surface area (Å²) in [6, 6.07) is 0. The van der Waals surface area contributed by atoms with Crippen LogP contribution < -0.4 is 5.56 Å². The van der Waals surface area contributed by atoms with Crippen molar-refractivity contribution in [3.63, 3.8) is 0 Å². The van der Waals surface area contributed by atoms with E-state index in [2.05, 4.69) is 15.0 Å². The second kappa shape index (κ2) is 5.92. The van der Waals surface area contributed by atoms with Gasteiger partial charge >= 0.3 is 0 Å². The van der Waals surface area contributed by atoms with E-state index in [0.717, 1.165) is 0 Å². The van der Waals surface area contributed by atoms with Gasteiger partial charge in [-0.2, -0.15) is 0 Å². The van der Waals surface area contributed by atoms with Crippen molar-refractivity contribution >= 4 is 11.2 Å². The maximum absolute atomic E-state index is 12.0. The second-order valence-corrected chi connectivity index (χ2v) is 6.56. The molecule has 132 valence electrons. The molecule has 1 aliphatic heterocycles. The first-order valence-corrected chi connectivity index (χ1v) is 7.82. The zero-order chi connectivity index (χ0) is 17.6. The Labute approximate surface area is 138 Å². The highest BCUT2D eigenvalue weighted by Gasteiger charge is 2.53. The molecule has 9 heteroatoms. The Kier molecular flexibility index (Phi) is 4.20. The van der Waals surface area contributed by atoms with E-state index in [-0.39, 0.29) is 23.8 Å². The fourth-order valence-corrected chi connectivity index (χ4v) is 2.87. The monoisotopic (exact) mass is 338 g/mol. The van der Waals surface area contributed by atoms with Crippen molar-refractivity contribution in [1.82, 2.24) is 19.5 Å². The highest BCUT2D eigenvalue weighted by Crippen LogP contribution is 2.39. The zero-order valence-electron chi connectivity index (χ0n) is 14.1. The van der Waals surface area contributed by atoms with Gasteiger partial charge in [-0.05, 0) is 27.7 Å². The lowest BCUT2D eigenvalue weighted by Gasteiger charge is -2.27. The largest absolute Gasteiger partial charge is 0.387 e. The number of nitrogens with zero attached hydrogens (tertiary/aromatic N) is 3. The first-order valence-electron chi connectivity index (χ1n) is 7.82. The van der Waals surface area contributed by atoms with Crippen LogP contribution in [-0.4, -0.2) is 60.3 Å². The molecule has 3 N–H and O–H groups in total. The number of aryl methyl sites for hydroxylation is 1. The average molecular weight is 338 g/mol. The highest BCUT2D eigenvalue weighted by atomic mass is 16.6. The van der Waals surface area contributed by atoms with Crippen molar-refractivity contribution < 1.29 is 19.7 Å². The molecule has 1 fully saturated rings. The lowest BCUT2D eigenvalue weighted by molar-refractivity contribution is -0.0977. The Hall–Kier alpha value is -1.81. The summed E-state index contributed by atoms with van der Waals surface area (Å²) in [5.74, 6) is 0.423. The number of aliphatic hydroxyl groups is 2. The van der Waals surface area contributed by atoms with Gasteiger partial charge in [-0.1, -0.05) is 0 Å². The van der Waals surface area contributed by atoms with Crippen LogP contribution in [0.15, 0.2) is 11.1 Å². The van der Waals surface area contributed by atoms with Crippen molar-refractivity contribution in [2.24, 2.45) is 0 Å². The number of imidazole rings is 1. The third kappa shape index (κ3) is 2.73. The third-order valence-electron chi connectivity index (χ3n) is 4.15. The van der Waals surface area contributed by atoms with E-state index in [1.807, 2.05) is 13.8 Å². The molecule has 2 aromatic rings. The van der Waals surface area contributed by atoms with E-state index >= 15 is 0 Å². The fourth-order valence-electron chi connectivity index (χ4n) is 2.87. The third-order valence-corrected chi connectivity index (χ3v) is 4.15. The molecular formula is C15H22N4O5. The number of nitrogens with one attached hydrogen (secondary N) is 1. The van der Waals surface area contributed by atoms with Crippen molar-refractivity contribution in [2.45, 2.75) is 57.8 Å². The number of ether oxygens (including phenoxy) is 2. The SMILES string of the molecule is Cc1nc2c(ncn2[C@@H]2O[C@H](COC(C)C)[C@@H](O)[C@@]2(C)O)c(=O)[nH]1. The van der Waals surface area contributed by atoms with Crippen LogP contribution in [0.5, 0.6) is 0 Å². The summed E-state index contributed by atoms with van der Waals surface area (Å²) >= 11 is 0. The molecule has 1 aliphatic rings. The first-order chi connectivity index (χ1) is 11.2. The molecule has 0 saturated carbocycles. The lowest BCUT2D eigenvalue weighted by atomic mass is 9.96. The summed E-state index contributed by atoms with van der Waals surface area (Å²) in [5.41, 5.74) is -1.51. The molecule has 9 nitrogen and oxygen atoms in total. The van der Waals surface area contributed by atoms with Gasteiger partial charge in [-0.3, -0.25) is 9.36 Å². The Morgan fingerprint density at radius 3 is 2.92 bits per heavy atom. The minimum absolute atomic E-state index is 0.0262. The van der Waals surface area contributed by atoms with Gasteiger partial charge in [0.15, 0.2) is 17.4 Å². The molecule has 0 spiro atoms. The number of aromatic nitrogens is 4. The van der Waals surface area contributed by atoms with Crippen LogP contribution in [0.4, 0.5) is 0 Å². The van der Waals surface area contributed by atoms with Crippen LogP contribution in [0.3, 0.4) is 0 Å². The van der Waals surface area contributed by atoms with E-state index in [0.29, 0.717) is 11.5 Å². The Morgan fingerprint density at radius 1 is 1.54 bits per heavy atom. The molecule has 2 aromatic heterocycles. The van der Waals surface area contributed by atoms with Gasteiger partial charge in [0.2, 0.25) is 0 Å². The molecule has 3 rings (SSSR count). The predicted octanol–water partition coefficient (Wildman–Crippen LogP) is -0.138. The normalized spacial score (nSPS) is 30.5. The molecule has 0 aliphatic carbocycles. The minimum Gasteiger partial charge on any atom is -0.387 e. The maximum atomic E-state index is 12.0. The van der Waals surface area contributed by atoms with E-state index in [1.54, 1.807) is 6.92 Å². The lowest BCUT2D eigenvalue weighted by Crippen LogP contribution is -2.44. The van der Waals surface area contributed by atoms with Gasteiger partial charge in [-0.25, -0.2) is 9.97 Å². The van der Waals surface area contributed by atoms with E-state index < -0.39 is 24.0 Å². The molecule has 0 aromatic carbocycles. The minimum atomic E-state index is -1.59. The van der Waals surface area contributed by atoms with Crippen molar-refractivity contribution in [3.05, 3.63) is 22.5 Å². The summed E-state index contributed by atoms with van der Waals surface area (Å²) in [6.45, 7) is 7.02. The molecule has 24 heavy (non-hydrogen) atoms. The number of rotatable bonds is 4. The number of H-pyrrole nitrogens is 1. The average Bonchev–Trinajstić information content (AvgIpc) is 2.98. The molecule has 0 radical (unpaired) electrons. The van der Waals surface area contributed by atoms with Gasteiger partial charge in [-0.15, -0.1) is 0 Å². The molecule has 0 unspecified atom stereocenters. The van der Waals surface area contributed by atoms with Crippen LogP contribution in [-0.2, 0) is 9.47 Å². The number of fused-ring (bicyclic) bond motifs is 1. The maximum Gasteiger partial charge on any atom is 0.279 e. The van der Waals surface area contributed by atoms with Gasteiger partial charge in [0, 0.05) is 0 Å². The van der Waals surface area contributed by atoms with Crippen molar-refractivity contribution in [1.29, 1.82) is 0 Å². The van der Waals surface area contributed by atoms with Gasteiger partial charge in [0.1, 0.15) is 23.6 Å². The molecule has 3 heterocycles. The van der Waals surface area contributed by atoms with E-state index in [4.69, 9.17) is 9.47 Å². The second-order valence-electron chi connectivity index (χ2n) is 6.56. The van der Waals surface area contributed by atoms with Gasteiger partial charge in [0.05, 0.1) is 19.0 Å². The summed E-state index contributed by atoms with van der Waals surface area (Å²) in [4.78, 5) is 22.8. The van der Waals surface area contributed by atoms with Crippen LogP contribution in [0.2, 0.25) is 0 Å². The fraction of sp³-hybridized carbons (Fsp3) is 0.667. The standard InChI is InChI=1S/C15H22N4O5/c1-7(2)23-5-9-11(20)15(4,22)14(24-9)19-6-16-10-12(19)17-8(3)18-13(10)21/h6-7,9,11,14,20,22H,5H2,1-4H3,(H,17,18,21)/t9-,11-,14-,15-/m1/s1. The van der Waals surface area contributed by atoms with Crippen LogP contribution in [0.1, 0.15) is 32.8 Å². The zero-order valence-corrected chi connectivity index (χ0v) is 14.1. The molecule has 0 bridgehead atoms. The van der Waals surface area contributed by atoms with Crippen LogP contribution in [0, 0.1) is 6.92 Å². The number of aromatic amines is 1. The molecule has 0 amide bonds. The molecule has 1 saturated heterocycles. The van der Waals surface area contributed by atoms with E-state index in [9.17, 15) is 15.0 Å². The Bertz CT molecular complexity index is 797. The molecular weight excluding hydrogens is 316 g/mol. The Morgan fingerprint density at radius 2 is 2.25 bits per heavy atom. The smallest absolute Gasteiger partial charge is 0.279 e. The summed E-state index contributed by atoms with van der Waals surface area (Å²) in [7, 11) is 0. The van der Waals surface area contributed by atoms with Crippen LogP contribution in [0.25, 0.3) is 11.2 Å². The van der Waals surface area contributed by atoms with Crippen LogP contribution >= 0.6 is 0 Å². The summed E-state index contributed by atoms with van der Waals surface area (Å²) in [6.07, 6.45) is -1.44. The number of hydrogen-bond acceptors (Lipinski definition) is 7. The van der Waals surface area contributed by atoms with Gasteiger partial charge < -0.3 is 24.7 Å². The highest BCUT2D eigenvalue weighted by molar-refractivity contribution is 5.69. The Balaban J connectivity index is 1.98. The number of aliphatic hydroxyl groups excluding tert-OH is 1. The first kappa shape index (κ1) is 17.0. The quantitative estimate of drug-likeness (QED) is 0.709.